The quantitative estimate of drug-likeness (QED) is 0.800. The maximum absolute atomic E-state index is 12.4. The van der Waals surface area contributed by atoms with Crippen LogP contribution in [0.15, 0.2) is 42.5 Å². The van der Waals surface area contributed by atoms with Gasteiger partial charge in [-0.1, -0.05) is 18.2 Å². The minimum atomic E-state index is -4.72. The molecule has 2 aromatic rings. The van der Waals surface area contributed by atoms with Gasteiger partial charge in [-0.2, -0.15) is 11.8 Å². The number of hydrogen-bond donors (Lipinski definition) is 1. The fourth-order valence-electron chi connectivity index (χ4n) is 2.90. The number of amides is 1. The lowest BCUT2D eigenvalue weighted by atomic mass is 10.0. The lowest BCUT2D eigenvalue weighted by Gasteiger charge is -2.11. The third-order valence-corrected chi connectivity index (χ3v) is 4.56. The number of carbonyl (C=O) groups is 1. The van der Waals surface area contributed by atoms with Crippen LogP contribution in [-0.4, -0.2) is 36.9 Å². The Kier molecular flexibility index (Phi) is 5.84. The predicted molar refractivity (Wildman–Crippen MR) is 98.1 cm³/mol. The molecule has 4 nitrogen and oxygen atoms in total. The molecule has 1 N–H and O–H groups in total. The van der Waals surface area contributed by atoms with E-state index in [0.717, 1.165) is 16.9 Å². The van der Waals surface area contributed by atoms with Crippen LogP contribution in [0.2, 0.25) is 0 Å². The maximum atomic E-state index is 12.4. The van der Waals surface area contributed by atoms with Crippen molar-refractivity contribution in [3.05, 3.63) is 48.0 Å². The zero-order valence-electron chi connectivity index (χ0n) is 14.5. The molecule has 0 radical (unpaired) electrons. The minimum absolute atomic E-state index is 0.0378. The van der Waals surface area contributed by atoms with Gasteiger partial charge in [-0.05, 0) is 47.2 Å². The zero-order chi connectivity index (χ0) is 19.4. The van der Waals surface area contributed by atoms with Gasteiger partial charge < -0.3 is 14.8 Å². The summed E-state index contributed by atoms with van der Waals surface area (Å²) in [6.45, 7) is 0.415. The highest BCUT2D eigenvalue weighted by atomic mass is 32.2. The number of nitrogens with one attached hydrogen (secondary N) is 1. The third kappa shape index (κ3) is 5.32. The molecule has 0 aromatic heterocycles. The van der Waals surface area contributed by atoms with Gasteiger partial charge in [0, 0.05) is 6.42 Å². The largest absolute Gasteiger partial charge is 0.573 e. The number of halogens is 3. The molecule has 2 aromatic carbocycles. The van der Waals surface area contributed by atoms with E-state index in [1.54, 1.807) is 18.2 Å². The summed E-state index contributed by atoms with van der Waals surface area (Å²) in [5.74, 6) is 0.834. The summed E-state index contributed by atoms with van der Waals surface area (Å²) in [7, 11) is 0. The van der Waals surface area contributed by atoms with Crippen molar-refractivity contribution in [1.82, 2.24) is 5.32 Å². The van der Waals surface area contributed by atoms with Crippen molar-refractivity contribution in [2.45, 2.75) is 18.9 Å². The molecule has 1 heterocycles. The van der Waals surface area contributed by atoms with Crippen LogP contribution >= 0.6 is 11.8 Å². The molecule has 1 aliphatic rings. The molecule has 0 saturated carbocycles. The number of benzene rings is 2. The first-order chi connectivity index (χ1) is 12.8. The van der Waals surface area contributed by atoms with Gasteiger partial charge in [0.05, 0.1) is 12.3 Å². The van der Waals surface area contributed by atoms with Gasteiger partial charge in [-0.15, -0.1) is 13.2 Å². The second-order valence-electron chi connectivity index (χ2n) is 6.08. The van der Waals surface area contributed by atoms with Crippen LogP contribution in [0.1, 0.15) is 5.56 Å². The average Bonchev–Trinajstić information content (AvgIpc) is 3.01. The van der Waals surface area contributed by atoms with E-state index in [2.05, 4.69) is 10.1 Å². The van der Waals surface area contributed by atoms with Crippen LogP contribution in [0.4, 0.5) is 13.2 Å². The SMILES string of the molecule is CSCC(=O)NC[C@@H]1Cc2cc(-c3cccc(OC(F)(F)F)c3)ccc2O1. The Labute approximate surface area is 159 Å². The van der Waals surface area contributed by atoms with E-state index < -0.39 is 6.36 Å². The molecule has 0 spiro atoms. The number of alkyl halides is 3. The number of hydrogen-bond acceptors (Lipinski definition) is 4. The van der Waals surface area contributed by atoms with Gasteiger partial charge >= 0.3 is 6.36 Å². The first-order valence-corrected chi connectivity index (χ1v) is 9.65. The van der Waals surface area contributed by atoms with Gasteiger partial charge in [0.15, 0.2) is 0 Å². The average molecular weight is 397 g/mol. The molecule has 1 atom stereocenters. The van der Waals surface area contributed by atoms with Crippen LogP contribution in [-0.2, 0) is 11.2 Å². The second kappa shape index (κ2) is 8.12. The molecule has 27 heavy (non-hydrogen) atoms. The van der Waals surface area contributed by atoms with E-state index in [4.69, 9.17) is 4.74 Å². The fourth-order valence-corrected chi connectivity index (χ4v) is 3.26. The monoisotopic (exact) mass is 397 g/mol. The summed E-state index contributed by atoms with van der Waals surface area (Å²) in [6, 6.07) is 11.3. The normalized spacial score (nSPS) is 15.8. The lowest BCUT2D eigenvalue weighted by Crippen LogP contribution is -2.35. The molecule has 1 amide bonds. The Bertz CT molecular complexity index is 826. The Hall–Kier alpha value is -2.35. The minimum Gasteiger partial charge on any atom is -0.488 e. The molecule has 0 aliphatic carbocycles. The number of fused-ring (bicyclic) bond motifs is 1. The van der Waals surface area contributed by atoms with Crippen LogP contribution in [0, 0.1) is 0 Å². The zero-order valence-corrected chi connectivity index (χ0v) is 15.3. The summed E-state index contributed by atoms with van der Waals surface area (Å²) in [6.07, 6.45) is -2.39. The topological polar surface area (TPSA) is 47.6 Å². The van der Waals surface area contributed by atoms with E-state index in [-0.39, 0.29) is 17.8 Å². The predicted octanol–water partition coefficient (Wildman–Crippen LogP) is 4.03. The first-order valence-electron chi connectivity index (χ1n) is 8.25. The van der Waals surface area contributed by atoms with Crippen molar-refractivity contribution in [1.29, 1.82) is 0 Å². The Morgan fingerprint density at radius 2 is 2.04 bits per heavy atom. The van der Waals surface area contributed by atoms with Crippen molar-refractivity contribution in [2.75, 3.05) is 18.6 Å². The maximum Gasteiger partial charge on any atom is 0.573 e. The van der Waals surface area contributed by atoms with Crippen LogP contribution < -0.4 is 14.8 Å². The van der Waals surface area contributed by atoms with E-state index in [1.807, 2.05) is 12.3 Å². The molecule has 3 rings (SSSR count). The van der Waals surface area contributed by atoms with Crippen LogP contribution in [0.5, 0.6) is 11.5 Å². The Morgan fingerprint density at radius 3 is 2.78 bits per heavy atom. The van der Waals surface area contributed by atoms with Gasteiger partial charge in [0.2, 0.25) is 5.91 Å². The molecule has 0 fully saturated rings. The van der Waals surface area contributed by atoms with Crippen molar-refractivity contribution in [3.63, 3.8) is 0 Å². The highest BCUT2D eigenvalue weighted by molar-refractivity contribution is 7.99. The second-order valence-corrected chi connectivity index (χ2v) is 6.95. The lowest BCUT2D eigenvalue weighted by molar-refractivity contribution is -0.274. The third-order valence-electron chi connectivity index (χ3n) is 4.00. The Balaban J connectivity index is 1.69. The van der Waals surface area contributed by atoms with Crippen LogP contribution in [0.25, 0.3) is 11.1 Å². The van der Waals surface area contributed by atoms with Crippen molar-refractivity contribution >= 4 is 17.7 Å². The highest BCUT2D eigenvalue weighted by Crippen LogP contribution is 2.34. The van der Waals surface area contributed by atoms with E-state index >= 15 is 0 Å². The number of rotatable bonds is 6. The summed E-state index contributed by atoms with van der Waals surface area (Å²) >= 11 is 1.45. The molecule has 8 heteroatoms. The molecule has 1 aliphatic heterocycles. The van der Waals surface area contributed by atoms with Gasteiger partial charge in [0.25, 0.3) is 0 Å². The highest BCUT2D eigenvalue weighted by Gasteiger charge is 2.31. The smallest absolute Gasteiger partial charge is 0.488 e. The standard InChI is InChI=1S/C19H18F3NO3S/c1-27-11-18(24)23-10-16-9-14-7-13(5-6-17(14)25-16)12-3-2-4-15(8-12)26-19(20,21)22/h2-8,16H,9-11H2,1H3,(H,23,24)/t16-/m0/s1. The summed E-state index contributed by atoms with van der Waals surface area (Å²) < 4.78 is 47.0. The van der Waals surface area contributed by atoms with Crippen molar-refractivity contribution in [3.8, 4) is 22.6 Å². The molecule has 0 bridgehead atoms. The van der Waals surface area contributed by atoms with Crippen molar-refractivity contribution < 1.29 is 27.4 Å². The molecule has 0 unspecified atom stereocenters. The number of ether oxygens (including phenoxy) is 2. The van der Waals surface area contributed by atoms with Crippen LogP contribution in [0.3, 0.4) is 0 Å². The number of thioether (sulfide) groups is 1. The fraction of sp³-hybridized carbons (Fsp3) is 0.316. The molecular formula is C19H18F3NO3S. The summed E-state index contributed by atoms with van der Waals surface area (Å²) in [5.41, 5.74) is 2.35. The van der Waals surface area contributed by atoms with E-state index in [1.165, 1.54) is 30.0 Å². The van der Waals surface area contributed by atoms with E-state index in [0.29, 0.717) is 24.3 Å². The number of carbonyl (C=O) groups excluding carboxylic acids is 1. The molecule has 144 valence electrons. The van der Waals surface area contributed by atoms with Gasteiger partial charge in [-0.25, -0.2) is 0 Å². The molecule has 0 saturated heterocycles. The first kappa shape index (κ1) is 19.4. The molecular weight excluding hydrogens is 379 g/mol. The van der Waals surface area contributed by atoms with Gasteiger partial charge in [-0.3, -0.25) is 4.79 Å². The van der Waals surface area contributed by atoms with E-state index in [9.17, 15) is 18.0 Å². The van der Waals surface area contributed by atoms with Gasteiger partial charge in [0.1, 0.15) is 17.6 Å². The van der Waals surface area contributed by atoms with Crippen molar-refractivity contribution in [2.24, 2.45) is 0 Å². The Morgan fingerprint density at radius 1 is 1.26 bits per heavy atom. The summed E-state index contributed by atoms with van der Waals surface area (Å²) in [5, 5.41) is 2.83. The summed E-state index contributed by atoms with van der Waals surface area (Å²) in [4.78, 5) is 11.6.